The van der Waals surface area contributed by atoms with Crippen molar-refractivity contribution in [3.8, 4) is 17.2 Å². The van der Waals surface area contributed by atoms with Crippen LogP contribution in [0.4, 0.5) is 10.5 Å². The van der Waals surface area contributed by atoms with Gasteiger partial charge in [0.15, 0.2) is 6.29 Å². The Labute approximate surface area is 178 Å². The minimum absolute atomic E-state index is 0.218. The number of amides is 1. The third kappa shape index (κ3) is 8.71. The van der Waals surface area contributed by atoms with E-state index in [9.17, 15) is 4.79 Å². The van der Waals surface area contributed by atoms with Gasteiger partial charge in [0.1, 0.15) is 23.9 Å². The van der Waals surface area contributed by atoms with Crippen LogP contribution in [0.15, 0.2) is 48.5 Å². The number of ether oxygens (including phenoxy) is 5. The van der Waals surface area contributed by atoms with Crippen molar-refractivity contribution in [2.75, 3.05) is 32.8 Å². The Balaban J connectivity index is 1.79. The molecule has 7 nitrogen and oxygen atoms in total. The normalized spacial score (nSPS) is 10.7. The number of unbranched alkanes of at least 4 members (excludes halogenated alkanes) is 3. The number of anilines is 1. The van der Waals surface area contributed by atoms with E-state index in [4.69, 9.17) is 23.7 Å². The SMILES string of the molecule is CCCCCCOc1ccc(NC(=O)Oc2cccc(OCC(OC)OC)c2)cc1. The maximum Gasteiger partial charge on any atom is 0.417 e. The van der Waals surface area contributed by atoms with E-state index in [1.807, 2.05) is 12.1 Å². The summed E-state index contributed by atoms with van der Waals surface area (Å²) in [5.41, 5.74) is 0.619. The van der Waals surface area contributed by atoms with E-state index in [2.05, 4.69) is 12.2 Å². The Morgan fingerprint density at radius 3 is 2.33 bits per heavy atom. The molecule has 0 unspecified atom stereocenters. The molecule has 30 heavy (non-hydrogen) atoms. The van der Waals surface area contributed by atoms with Crippen molar-refractivity contribution in [3.63, 3.8) is 0 Å². The number of benzene rings is 2. The molecule has 0 spiro atoms. The summed E-state index contributed by atoms with van der Waals surface area (Å²) in [6.45, 7) is 3.10. The zero-order valence-electron chi connectivity index (χ0n) is 17.9. The quantitative estimate of drug-likeness (QED) is 0.354. The molecule has 0 fully saturated rings. The highest BCUT2D eigenvalue weighted by Gasteiger charge is 2.09. The van der Waals surface area contributed by atoms with Gasteiger partial charge in [-0.05, 0) is 42.8 Å². The lowest BCUT2D eigenvalue weighted by atomic mass is 10.2. The summed E-state index contributed by atoms with van der Waals surface area (Å²) in [5, 5.41) is 2.69. The minimum Gasteiger partial charge on any atom is -0.494 e. The number of hydrogen-bond donors (Lipinski definition) is 1. The van der Waals surface area contributed by atoms with Gasteiger partial charge in [0.05, 0.1) is 6.61 Å². The van der Waals surface area contributed by atoms with E-state index >= 15 is 0 Å². The molecule has 2 rings (SSSR count). The first-order valence-electron chi connectivity index (χ1n) is 10.1. The zero-order chi connectivity index (χ0) is 21.6. The minimum atomic E-state index is -0.591. The van der Waals surface area contributed by atoms with Crippen molar-refractivity contribution in [2.24, 2.45) is 0 Å². The van der Waals surface area contributed by atoms with Gasteiger partial charge < -0.3 is 23.7 Å². The molecule has 2 aromatic rings. The predicted octanol–water partition coefficient (Wildman–Crippen LogP) is 5.25. The van der Waals surface area contributed by atoms with Gasteiger partial charge in [-0.1, -0.05) is 32.3 Å². The van der Waals surface area contributed by atoms with Crippen molar-refractivity contribution in [1.82, 2.24) is 0 Å². The Morgan fingerprint density at radius 2 is 1.63 bits per heavy atom. The Hall–Kier alpha value is -2.77. The van der Waals surface area contributed by atoms with Crippen molar-refractivity contribution < 1.29 is 28.5 Å². The van der Waals surface area contributed by atoms with Crippen molar-refractivity contribution >= 4 is 11.8 Å². The summed E-state index contributed by atoms with van der Waals surface area (Å²) in [6.07, 6.45) is 3.59. The monoisotopic (exact) mass is 417 g/mol. The van der Waals surface area contributed by atoms with Gasteiger partial charge in [0.2, 0.25) is 0 Å². The van der Waals surface area contributed by atoms with E-state index < -0.39 is 12.4 Å². The number of nitrogens with one attached hydrogen (secondary N) is 1. The van der Waals surface area contributed by atoms with E-state index in [-0.39, 0.29) is 6.61 Å². The molecule has 0 aliphatic rings. The van der Waals surface area contributed by atoms with E-state index in [1.165, 1.54) is 33.5 Å². The second-order valence-corrected chi connectivity index (χ2v) is 6.63. The van der Waals surface area contributed by atoms with Crippen LogP contribution < -0.4 is 19.5 Å². The van der Waals surface area contributed by atoms with E-state index in [1.54, 1.807) is 36.4 Å². The van der Waals surface area contributed by atoms with Crippen LogP contribution in [0.3, 0.4) is 0 Å². The van der Waals surface area contributed by atoms with Crippen LogP contribution in [-0.2, 0) is 9.47 Å². The molecule has 0 aliphatic carbocycles. The molecular weight excluding hydrogens is 386 g/mol. The van der Waals surface area contributed by atoms with Crippen LogP contribution in [-0.4, -0.2) is 39.8 Å². The summed E-state index contributed by atoms with van der Waals surface area (Å²) >= 11 is 0. The van der Waals surface area contributed by atoms with Crippen molar-refractivity contribution in [3.05, 3.63) is 48.5 Å². The fourth-order valence-corrected chi connectivity index (χ4v) is 2.63. The first kappa shape index (κ1) is 23.5. The molecule has 1 amide bonds. The first-order chi connectivity index (χ1) is 14.6. The molecule has 7 heteroatoms. The molecule has 0 radical (unpaired) electrons. The van der Waals surface area contributed by atoms with Gasteiger partial charge in [-0.2, -0.15) is 0 Å². The first-order valence-corrected chi connectivity index (χ1v) is 10.1. The fourth-order valence-electron chi connectivity index (χ4n) is 2.63. The maximum absolute atomic E-state index is 12.2. The number of methoxy groups -OCH3 is 2. The Kier molecular flexibility index (Phi) is 10.5. The van der Waals surface area contributed by atoms with E-state index in [0.29, 0.717) is 23.8 Å². The van der Waals surface area contributed by atoms with Gasteiger partial charge in [-0.15, -0.1) is 0 Å². The summed E-state index contributed by atoms with van der Waals surface area (Å²) in [7, 11) is 3.07. The molecule has 0 aromatic heterocycles. The molecular formula is C23H31NO6. The molecule has 1 N–H and O–H groups in total. The molecule has 164 valence electrons. The lowest BCUT2D eigenvalue weighted by molar-refractivity contribution is -0.121. The number of rotatable bonds is 13. The summed E-state index contributed by atoms with van der Waals surface area (Å²) in [4.78, 5) is 12.2. The average molecular weight is 418 g/mol. The average Bonchev–Trinajstić information content (AvgIpc) is 2.76. The van der Waals surface area contributed by atoms with E-state index in [0.717, 1.165) is 12.2 Å². The fraction of sp³-hybridized carbons (Fsp3) is 0.435. The highest BCUT2D eigenvalue weighted by atomic mass is 16.7. The van der Waals surface area contributed by atoms with Gasteiger partial charge in [-0.3, -0.25) is 5.32 Å². The second-order valence-electron chi connectivity index (χ2n) is 6.63. The van der Waals surface area contributed by atoms with Crippen LogP contribution in [0.25, 0.3) is 0 Å². The van der Waals surface area contributed by atoms with Crippen LogP contribution >= 0.6 is 0 Å². The summed E-state index contributed by atoms with van der Waals surface area (Å²) < 4.78 is 26.8. The molecule has 0 saturated carbocycles. The molecule has 2 aromatic carbocycles. The molecule has 0 heterocycles. The standard InChI is InChI=1S/C23H31NO6/c1-4-5-6-7-15-28-19-13-11-18(12-14-19)24-23(25)30-21-10-8-9-20(16-21)29-17-22(26-2)27-3/h8-14,16,22H,4-7,15,17H2,1-3H3,(H,24,25). The van der Waals surface area contributed by atoms with Gasteiger partial charge >= 0.3 is 6.09 Å². The Bertz CT molecular complexity index is 746. The lowest BCUT2D eigenvalue weighted by Gasteiger charge is -2.14. The predicted molar refractivity (Wildman–Crippen MR) is 115 cm³/mol. The molecule has 0 atom stereocenters. The summed E-state index contributed by atoms with van der Waals surface area (Å²) in [5.74, 6) is 1.68. The highest BCUT2D eigenvalue weighted by molar-refractivity contribution is 5.86. The topological polar surface area (TPSA) is 75.3 Å². The maximum atomic E-state index is 12.2. The van der Waals surface area contributed by atoms with Crippen LogP contribution in [0.5, 0.6) is 17.2 Å². The molecule has 0 saturated heterocycles. The largest absolute Gasteiger partial charge is 0.494 e. The van der Waals surface area contributed by atoms with Gasteiger partial charge in [0.25, 0.3) is 0 Å². The third-order valence-corrected chi connectivity index (χ3v) is 4.30. The van der Waals surface area contributed by atoms with Gasteiger partial charge in [0, 0.05) is 26.0 Å². The van der Waals surface area contributed by atoms with Crippen LogP contribution in [0, 0.1) is 0 Å². The zero-order valence-corrected chi connectivity index (χ0v) is 17.9. The van der Waals surface area contributed by atoms with Crippen LogP contribution in [0.1, 0.15) is 32.6 Å². The molecule has 0 aliphatic heterocycles. The van der Waals surface area contributed by atoms with Crippen molar-refractivity contribution in [1.29, 1.82) is 0 Å². The second kappa shape index (κ2) is 13.5. The van der Waals surface area contributed by atoms with Crippen LogP contribution in [0.2, 0.25) is 0 Å². The number of carbonyl (C=O) groups is 1. The summed E-state index contributed by atoms with van der Waals surface area (Å²) in [6, 6.07) is 14.0. The number of hydrogen-bond acceptors (Lipinski definition) is 6. The third-order valence-electron chi connectivity index (χ3n) is 4.30. The Morgan fingerprint density at radius 1 is 0.900 bits per heavy atom. The van der Waals surface area contributed by atoms with Crippen molar-refractivity contribution in [2.45, 2.75) is 38.9 Å². The highest BCUT2D eigenvalue weighted by Crippen LogP contribution is 2.21. The van der Waals surface area contributed by atoms with Gasteiger partial charge in [-0.25, -0.2) is 4.79 Å². The lowest BCUT2D eigenvalue weighted by Crippen LogP contribution is -2.22. The number of carbonyl (C=O) groups excluding carboxylic acids is 1. The molecule has 0 bridgehead atoms. The smallest absolute Gasteiger partial charge is 0.417 e.